The van der Waals surface area contributed by atoms with E-state index in [9.17, 15) is 0 Å². The predicted octanol–water partition coefficient (Wildman–Crippen LogP) is 1.77. The van der Waals surface area contributed by atoms with Gasteiger partial charge in [0, 0.05) is 18.8 Å². The smallest absolute Gasteiger partial charge is 0.0992 e. The molecule has 0 saturated carbocycles. The van der Waals surface area contributed by atoms with Crippen LogP contribution in [0.5, 0.6) is 0 Å². The molecule has 0 heterocycles. The van der Waals surface area contributed by atoms with E-state index in [1.165, 1.54) is 0 Å². The molecule has 1 N–H and O–H groups in total. The molecule has 0 aliphatic carbocycles. The third-order valence-electron chi connectivity index (χ3n) is 2.20. The molecule has 1 aromatic carbocycles. The number of aliphatic hydroxyl groups is 1. The Bertz CT molecular complexity index is 338. The first-order valence-corrected chi connectivity index (χ1v) is 5.17. The Morgan fingerprint density at radius 2 is 2.20 bits per heavy atom. The van der Waals surface area contributed by atoms with Gasteiger partial charge < -0.3 is 10.0 Å². The SMILES string of the molecule is CCCN(CCO)c1cccc(C#N)c1. The van der Waals surface area contributed by atoms with Crippen molar-refractivity contribution >= 4 is 5.69 Å². The third-order valence-corrected chi connectivity index (χ3v) is 2.20. The maximum absolute atomic E-state index is 8.94. The van der Waals surface area contributed by atoms with Crippen LogP contribution in [-0.2, 0) is 0 Å². The number of hydrogen-bond acceptors (Lipinski definition) is 3. The normalized spacial score (nSPS) is 9.67. The van der Waals surface area contributed by atoms with Gasteiger partial charge in [0.1, 0.15) is 0 Å². The molecule has 0 saturated heterocycles. The molecular weight excluding hydrogens is 188 g/mol. The van der Waals surface area contributed by atoms with E-state index in [2.05, 4.69) is 17.9 Å². The summed E-state index contributed by atoms with van der Waals surface area (Å²) in [6.07, 6.45) is 1.02. The summed E-state index contributed by atoms with van der Waals surface area (Å²) in [5, 5.41) is 17.7. The Morgan fingerprint density at radius 3 is 2.80 bits per heavy atom. The molecule has 0 spiro atoms. The lowest BCUT2D eigenvalue weighted by molar-refractivity contribution is 0.302. The summed E-state index contributed by atoms with van der Waals surface area (Å²) in [7, 11) is 0. The van der Waals surface area contributed by atoms with Gasteiger partial charge in [0.05, 0.1) is 18.2 Å². The van der Waals surface area contributed by atoms with E-state index < -0.39 is 0 Å². The summed E-state index contributed by atoms with van der Waals surface area (Å²) in [5.74, 6) is 0. The highest BCUT2D eigenvalue weighted by Gasteiger charge is 2.04. The van der Waals surface area contributed by atoms with E-state index in [0.29, 0.717) is 12.1 Å². The minimum atomic E-state index is 0.136. The van der Waals surface area contributed by atoms with Crippen LogP contribution in [0.1, 0.15) is 18.9 Å². The van der Waals surface area contributed by atoms with Crippen LogP contribution in [0.3, 0.4) is 0 Å². The van der Waals surface area contributed by atoms with Crippen LogP contribution in [-0.4, -0.2) is 24.8 Å². The molecule has 15 heavy (non-hydrogen) atoms. The molecule has 1 rings (SSSR count). The molecule has 80 valence electrons. The number of anilines is 1. The Hall–Kier alpha value is -1.53. The molecule has 1 aromatic rings. The number of benzene rings is 1. The van der Waals surface area contributed by atoms with Crippen molar-refractivity contribution in [3.8, 4) is 6.07 Å². The lowest BCUT2D eigenvalue weighted by Crippen LogP contribution is -2.27. The van der Waals surface area contributed by atoms with Crippen molar-refractivity contribution in [2.45, 2.75) is 13.3 Å². The van der Waals surface area contributed by atoms with E-state index >= 15 is 0 Å². The molecule has 3 nitrogen and oxygen atoms in total. The lowest BCUT2D eigenvalue weighted by atomic mass is 10.2. The fourth-order valence-corrected chi connectivity index (χ4v) is 1.53. The first kappa shape index (κ1) is 11.5. The zero-order valence-electron chi connectivity index (χ0n) is 8.98. The lowest BCUT2D eigenvalue weighted by Gasteiger charge is -2.23. The summed E-state index contributed by atoms with van der Waals surface area (Å²) >= 11 is 0. The Morgan fingerprint density at radius 1 is 1.40 bits per heavy atom. The predicted molar refractivity (Wildman–Crippen MR) is 60.7 cm³/mol. The largest absolute Gasteiger partial charge is 0.395 e. The van der Waals surface area contributed by atoms with E-state index in [4.69, 9.17) is 10.4 Å². The van der Waals surface area contributed by atoms with Gasteiger partial charge in [0.15, 0.2) is 0 Å². The molecule has 0 radical (unpaired) electrons. The molecule has 0 amide bonds. The van der Waals surface area contributed by atoms with Crippen LogP contribution >= 0.6 is 0 Å². The van der Waals surface area contributed by atoms with E-state index in [1.54, 1.807) is 6.07 Å². The second-order valence-electron chi connectivity index (χ2n) is 3.37. The monoisotopic (exact) mass is 204 g/mol. The van der Waals surface area contributed by atoms with Crippen molar-refractivity contribution in [2.24, 2.45) is 0 Å². The first-order chi connectivity index (χ1) is 7.31. The van der Waals surface area contributed by atoms with Crippen LogP contribution in [0.15, 0.2) is 24.3 Å². The Labute approximate surface area is 90.6 Å². The van der Waals surface area contributed by atoms with Gasteiger partial charge in [-0.25, -0.2) is 0 Å². The summed E-state index contributed by atoms with van der Waals surface area (Å²) in [5.41, 5.74) is 1.66. The van der Waals surface area contributed by atoms with Crippen molar-refractivity contribution in [3.05, 3.63) is 29.8 Å². The van der Waals surface area contributed by atoms with Gasteiger partial charge in [0.2, 0.25) is 0 Å². The minimum absolute atomic E-state index is 0.136. The van der Waals surface area contributed by atoms with Crippen LogP contribution < -0.4 is 4.90 Å². The van der Waals surface area contributed by atoms with Gasteiger partial charge in [-0.2, -0.15) is 5.26 Å². The van der Waals surface area contributed by atoms with Crippen LogP contribution in [0.2, 0.25) is 0 Å². The maximum Gasteiger partial charge on any atom is 0.0992 e. The number of nitriles is 1. The quantitative estimate of drug-likeness (QED) is 0.795. The van der Waals surface area contributed by atoms with Crippen LogP contribution in [0.4, 0.5) is 5.69 Å². The highest BCUT2D eigenvalue weighted by atomic mass is 16.3. The van der Waals surface area contributed by atoms with Gasteiger partial charge in [-0.3, -0.25) is 0 Å². The summed E-state index contributed by atoms with van der Waals surface area (Å²) < 4.78 is 0. The second kappa shape index (κ2) is 6.05. The van der Waals surface area contributed by atoms with Crippen molar-refractivity contribution < 1.29 is 5.11 Å². The molecule has 3 heteroatoms. The standard InChI is InChI=1S/C12H16N2O/c1-2-6-14(7-8-15)12-5-3-4-11(9-12)10-13/h3-5,9,15H,2,6-8H2,1H3. The maximum atomic E-state index is 8.94. The zero-order valence-corrected chi connectivity index (χ0v) is 8.98. The molecule has 0 fully saturated rings. The fraction of sp³-hybridized carbons (Fsp3) is 0.417. The van der Waals surface area contributed by atoms with Crippen molar-refractivity contribution in [1.82, 2.24) is 0 Å². The van der Waals surface area contributed by atoms with Gasteiger partial charge >= 0.3 is 0 Å². The van der Waals surface area contributed by atoms with Crippen LogP contribution in [0.25, 0.3) is 0 Å². The molecule has 0 bridgehead atoms. The van der Waals surface area contributed by atoms with Crippen molar-refractivity contribution in [2.75, 3.05) is 24.6 Å². The molecule has 0 atom stereocenters. The summed E-state index contributed by atoms with van der Waals surface area (Å²) in [6, 6.07) is 9.59. The fourth-order valence-electron chi connectivity index (χ4n) is 1.53. The number of aliphatic hydroxyl groups excluding tert-OH is 1. The Balaban J connectivity index is 2.85. The molecule has 0 aromatic heterocycles. The second-order valence-corrected chi connectivity index (χ2v) is 3.37. The highest BCUT2D eigenvalue weighted by molar-refractivity contribution is 5.51. The third kappa shape index (κ3) is 3.26. The molecule has 0 aliphatic rings. The topological polar surface area (TPSA) is 47.3 Å². The van der Waals surface area contributed by atoms with E-state index in [1.807, 2.05) is 18.2 Å². The minimum Gasteiger partial charge on any atom is -0.395 e. The Kier molecular flexibility index (Phi) is 4.65. The van der Waals surface area contributed by atoms with Crippen LogP contribution in [0, 0.1) is 11.3 Å². The number of rotatable bonds is 5. The average molecular weight is 204 g/mol. The molecular formula is C12H16N2O. The van der Waals surface area contributed by atoms with Crippen molar-refractivity contribution in [1.29, 1.82) is 5.26 Å². The number of hydrogen-bond donors (Lipinski definition) is 1. The molecule has 0 unspecified atom stereocenters. The van der Waals surface area contributed by atoms with E-state index in [-0.39, 0.29) is 6.61 Å². The summed E-state index contributed by atoms with van der Waals surface area (Å²) in [4.78, 5) is 2.08. The van der Waals surface area contributed by atoms with Crippen molar-refractivity contribution in [3.63, 3.8) is 0 Å². The average Bonchev–Trinajstić information content (AvgIpc) is 2.29. The van der Waals surface area contributed by atoms with E-state index in [0.717, 1.165) is 18.7 Å². The zero-order chi connectivity index (χ0) is 11.1. The first-order valence-electron chi connectivity index (χ1n) is 5.17. The van der Waals surface area contributed by atoms with Gasteiger partial charge in [-0.1, -0.05) is 13.0 Å². The van der Waals surface area contributed by atoms with Gasteiger partial charge in [0.25, 0.3) is 0 Å². The highest BCUT2D eigenvalue weighted by Crippen LogP contribution is 2.15. The van der Waals surface area contributed by atoms with Gasteiger partial charge in [-0.15, -0.1) is 0 Å². The summed E-state index contributed by atoms with van der Waals surface area (Å²) in [6.45, 7) is 3.74. The molecule has 0 aliphatic heterocycles. The van der Waals surface area contributed by atoms with Gasteiger partial charge in [-0.05, 0) is 24.6 Å². The number of nitrogens with zero attached hydrogens (tertiary/aromatic N) is 2.